The first kappa shape index (κ1) is 10.8. The number of halogens is 2. The van der Waals surface area contributed by atoms with E-state index >= 15 is 0 Å². The van der Waals surface area contributed by atoms with Gasteiger partial charge in [0, 0.05) is 14.8 Å². The SMILES string of the molecule is Brc1ccc2c(c1)C(CI)c1ccccc1-2. The van der Waals surface area contributed by atoms with Crippen molar-refractivity contribution >= 4 is 38.5 Å². The maximum Gasteiger partial charge on any atom is 0.0192 e. The molecule has 16 heavy (non-hydrogen) atoms. The Morgan fingerprint density at radius 1 is 1.00 bits per heavy atom. The zero-order valence-electron chi connectivity index (χ0n) is 8.58. The maximum absolute atomic E-state index is 3.56. The lowest BCUT2D eigenvalue weighted by Crippen LogP contribution is -1.96. The van der Waals surface area contributed by atoms with Crippen LogP contribution in [0.15, 0.2) is 46.9 Å². The second kappa shape index (κ2) is 4.15. The summed E-state index contributed by atoms with van der Waals surface area (Å²) in [6.07, 6.45) is 0. The lowest BCUT2D eigenvalue weighted by molar-refractivity contribution is 0.988. The van der Waals surface area contributed by atoms with Gasteiger partial charge in [-0.15, -0.1) is 0 Å². The second-order valence-electron chi connectivity index (χ2n) is 4.03. The summed E-state index contributed by atoms with van der Waals surface area (Å²) in [5.41, 5.74) is 5.75. The van der Waals surface area contributed by atoms with Gasteiger partial charge in [-0.2, -0.15) is 0 Å². The fourth-order valence-corrected chi connectivity index (χ4v) is 3.77. The van der Waals surface area contributed by atoms with Gasteiger partial charge in [-0.3, -0.25) is 0 Å². The first-order valence-electron chi connectivity index (χ1n) is 5.26. The Balaban J connectivity index is 2.29. The van der Waals surface area contributed by atoms with Crippen molar-refractivity contribution in [2.45, 2.75) is 5.92 Å². The van der Waals surface area contributed by atoms with Crippen LogP contribution in [0.3, 0.4) is 0 Å². The first-order chi connectivity index (χ1) is 7.81. The summed E-state index contributed by atoms with van der Waals surface area (Å²) in [4.78, 5) is 0. The van der Waals surface area contributed by atoms with Crippen molar-refractivity contribution in [3.05, 3.63) is 58.1 Å². The maximum atomic E-state index is 3.56. The Morgan fingerprint density at radius 2 is 1.75 bits per heavy atom. The van der Waals surface area contributed by atoms with E-state index in [4.69, 9.17) is 0 Å². The van der Waals surface area contributed by atoms with Gasteiger partial charge in [0.1, 0.15) is 0 Å². The summed E-state index contributed by atoms with van der Waals surface area (Å²) in [6.45, 7) is 0. The van der Waals surface area contributed by atoms with Crippen LogP contribution < -0.4 is 0 Å². The molecule has 0 spiro atoms. The van der Waals surface area contributed by atoms with Gasteiger partial charge >= 0.3 is 0 Å². The van der Waals surface area contributed by atoms with Gasteiger partial charge in [0.15, 0.2) is 0 Å². The van der Waals surface area contributed by atoms with Crippen molar-refractivity contribution in [3.8, 4) is 11.1 Å². The van der Waals surface area contributed by atoms with Crippen molar-refractivity contribution in [1.82, 2.24) is 0 Å². The summed E-state index contributed by atoms with van der Waals surface area (Å²) < 4.78 is 2.31. The molecule has 0 radical (unpaired) electrons. The highest BCUT2D eigenvalue weighted by atomic mass is 127. The Bertz CT molecular complexity index is 548. The third-order valence-electron chi connectivity index (χ3n) is 3.17. The van der Waals surface area contributed by atoms with Crippen LogP contribution in [0.5, 0.6) is 0 Å². The van der Waals surface area contributed by atoms with Crippen molar-refractivity contribution < 1.29 is 0 Å². The van der Waals surface area contributed by atoms with Gasteiger partial charge in [-0.1, -0.05) is 68.9 Å². The van der Waals surface area contributed by atoms with E-state index in [1.807, 2.05) is 0 Å². The molecular formula is C14H10BrI. The van der Waals surface area contributed by atoms with Crippen molar-refractivity contribution in [3.63, 3.8) is 0 Å². The molecule has 0 N–H and O–H groups in total. The number of hydrogen-bond acceptors (Lipinski definition) is 0. The normalized spacial score (nSPS) is 17.0. The van der Waals surface area contributed by atoms with Crippen LogP contribution in [0.25, 0.3) is 11.1 Å². The summed E-state index contributed by atoms with van der Waals surface area (Å²) in [5.74, 6) is 0.560. The lowest BCUT2D eigenvalue weighted by atomic mass is 10.00. The zero-order valence-corrected chi connectivity index (χ0v) is 12.3. The van der Waals surface area contributed by atoms with Crippen molar-refractivity contribution in [1.29, 1.82) is 0 Å². The molecule has 1 atom stereocenters. The van der Waals surface area contributed by atoms with E-state index in [-0.39, 0.29) is 0 Å². The molecule has 0 aliphatic heterocycles. The molecule has 2 aromatic carbocycles. The molecule has 1 aliphatic carbocycles. The Hall–Kier alpha value is -0.350. The van der Waals surface area contributed by atoms with Crippen LogP contribution in [-0.2, 0) is 0 Å². The predicted octanol–water partition coefficient (Wildman–Crippen LogP) is 5.00. The highest BCUT2D eigenvalue weighted by molar-refractivity contribution is 14.1. The molecule has 1 unspecified atom stereocenters. The predicted molar refractivity (Wildman–Crippen MR) is 80.3 cm³/mol. The summed E-state index contributed by atoms with van der Waals surface area (Å²) in [6, 6.07) is 15.4. The zero-order chi connectivity index (χ0) is 11.1. The van der Waals surface area contributed by atoms with Gasteiger partial charge in [-0.25, -0.2) is 0 Å². The minimum absolute atomic E-state index is 0.560. The Morgan fingerprint density at radius 3 is 2.56 bits per heavy atom. The molecule has 1 aliphatic rings. The topological polar surface area (TPSA) is 0 Å². The van der Waals surface area contributed by atoms with Crippen LogP contribution >= 0.6 is 38.5 Å². The monoisotopic (exact) mass is 384 g/mol. The van der Waals surface area contributed by atoms with Crippen LogP contribution in [0.1, 0.15) is 17.0 Å². The van der Waals surface area contributed by atoms with Crippen molar-refractivity contribution in [2.24, 2.45) is 0 Å². The van der Waals surface area contributed by atoms with E-state index in [2.05, 4.69) is 81.0 Å². The third-order valence-corrected chi connectivity index (χ3v) is 4.54. The highest BCUT2D eigenvalue weighted by Gasteiger charge is 2.27. The van der Waals surface area contributed by atoms with Gasteiger partial charge in [0.05, 0.1) is 0 Å². The molecule has 0 bridgehead atoms. The third kappa shape index (κ3) is 1.54. The molecule has 0 saturated heterocycles. The minimum atomic E-state index is 0.560. The number of rotatable bonds is 1. The molecule has 2 heteroatoms. The van der Waals surface area contributed by atoms with Gasteiger partial charge in [0.25, 0.3) is 0 Å². The van der Waals surface area contributed by atoms with E-state index < -0.39 is 0 Å². The first-order valence-corrected chi connectivity index (χ1v) is 7.58. The van der Waals surface area contributed by atoms with Crippen molar-refractivity contribution in [2.75, 3.05) is 4.43 Å². The molecule has 3 rings (SSSR count). The van der Waals surface area contributed by atoms with E-state index in [0.29, 0.717) is 5.92 Å². The van der Waals surface area contributed by atoms with E-state index in [0.717, 1.165) is 4.43 Å². The van der Waals surface area contributed by atoms with E-state index in [1.54, 1.807) is 0 Å². The average molecular weight is 385 g/mol. The summed E-state index contributed by atoms with van der Waals surface area (Å²) in [7, 11) is 0. The van der Waals surface area contributed by atoms with Gasteiger partial charge < -0.3 is 0 Å². The lowest BCUT2D eigenvalue weighted by Gasteiger charge is -2.09. The molecule has 0 aromatic heterocycles. The number of fused-ring (bicyclic) bond motifs is 3. The molecule has 0 amide bonds. The van der Waals surface area contributed by atoms with Crippen LogP contribution in [0, 0.1) is 0 Å². The fourth-order valence-electron chi connectivity index (χ4n) is 2.45. The van der Waals surface area contributed by atoms with Crippen LogP contribution in [-0.4, -0.2) is 4.43 Å². The van der Waals surface area contributed by atoms with Gasteiger partial charge in [-0.05, 0) is 34.4 Å². The standard InChI is InChI=1S/C14H10BrI/c15-9-5-6-12-10-3-1-2-4-11(10)14(8-16)13(12)7-9/h1-7,14H,8H2. The van der Waals surface area contributed by atoms with E-state index in [1.165, 1.54) is 26.7 Å². The molecule has 0 fully saturated rings. The number of benzene rings is 2. The highest BCUT2D eigenvalue weighted by Crippen LogP contribution is 2.46. The summed E-state index contributed by atoms with van der Waals surface area (Å²) in [5, 5.41) is 0. The summed E-state index contributed by atoms with van der Waals surface area (Å²) >= 11 is 6.04. The number of hydrogen-bond donors (Lipinski definition) is 0. The molecular weight excluding hydrogens is 375 g/mol. The smallest absolute Gasteiger partial charge is 0.0192 e. The van der Waals surface area contributed by atoms with E-state index in [9.17, 15) is 0 Å². The quantitative estimate of drug-likeness (QED) is 0.479. The molecule has 80 valence electrons. The largest absolute Gasteiger partial charge is 0.0853 e. The molecule has 2 aromatic rings. The Kier molecular flexibility index (Phi) is 2.80. The minimum Gasteiger partial charge on any atom is -0.0853 e. The van der Waals surface area contributed by atoms with Gasteiger partial charge in [0.2, 0.25) is 0 Å². The van der Waals surface area contributed by atoms with Crippen LogP contribution in [0.4, 0.5) is 0 Å². The molecule has 0 saturated carbocycles. The Labute approximate surface area is 117 Å². The second-order valence-corrected chi connectivity index (χ2v) is 5.82. The fraction of sp³-hybridized carbons (Fsp3) is 0.143. The molecule has 0 nitrogen and oxygen atoms in total. The molecule has 0 heterocycles. The average Bonchev–Trinajstić information content (AvgIpc) is 2.61. The number of alkyl halides is 1. The van der Waals surface area contributed by atoms with Crippen LogP contribution in [0.2, 0.25) is 0 Å².